The van der Waals surface area contributed by atoms with E-state index >= 15 is 0 Å². The van der Waals surface area contributed by atoms with Gasteiger partial charge in [0.15, 0.2) is 5.78 Å². The molecule has 2 heterocycles. The number of hydrogen-bond donors (Lipinski definition) is 2. The molecule has 0 spiro atoms. The number of Topliss-reactive ketones (excluding diaryl/α,β-unsaturated/α-hetero) is 1. The van der Waals surface area contributed by atoms with Crippen molar-refractivity contribution in [2.45, 2.75) is 25.7 Å². The lowest BCUT2D eigenvalue weighted by Gasteiger charge is -2.15. The first-order chi connectivity index (χ1) is 17.3. The van der Waals surface area contributed by atoms with Crippen LogP contribution in [0.15, 0.2) is 58.7 Å². The van der Waals surface area contributed by atoms with Crippen LogP contribution in [0, 0.1) is 5.82 Å². The number of ketones is 1. The van der Waals surface area contributed by atoms with Gasteiger partial charge < -0.3 is 15.5 Å². The summed E-state index contributed by atoms with van der Waals surface area (Å²) in [5.74, 6) is -1.60. The smallest absolute Gasteiger partial charge is 0.270 e. The first-order valence-corrected chi connectivity index (χ1v) is 11.9. The summed E-state index contributed by atoms with van der Waals surface area (Å²) in [6, 6.07) is 10.3. The van der Waals surface area contributed by atoms with Crippen molar-refractivity contribution in [1.29, 1.82) is 0 Å². The molecule has 2 aromatic carbocycles. The van der Waals surface area contributed by atoms with Crippen LogP contribution in [0.3, 0.4) is 0 Å². The Balaban J connectivity index is 1.33. The van der Waals surface area contributed by atoms with Crippen LogP contribution >= 0.6 is 11.6 Å². The van der Waals surface area contributed by atoms with Gasteiger partial charge in [-0.25, -0.2) is 4.39 Å². The Morgan fingerprint density at radius 3 is 2.56 bits per heavy atom. The van der Waals surface area contributed by atoms with Crippen molar-refractivity contribution in [2.75, 3.05) is 25.0 Å². The van der Waals surface area contributed by atoms with Crippen molar-refractivity contribution in [2.24, 2.45) is 4.99 Å². The minimum Gasteiger partial charge on any atom is -0.349 e. The van der Waals surface area contributed by atoms with E-state index in [1.54, 1.807) is 29.2 Å². The fourth-order valence-corrected chi connectivity index (χ4v) is 4.31. The average molecular weight is 511 g/mol. The van der Waals surface area contributed by atoms with Crippen molar-refractivity contribution in [3.63, 3.8) is 0 Å². The van der Waals surface area contributed by atoms with Crippen LogP contribution in [-0.4, -0.2) is 54.3 Å². The second kappa shape index (κ2) is 11.3. The van der Waals surface area contributed by atoms with Crippen molar-refractivity contribution in [1.82, 2.24) is 10.2 Å². The third-order valence-corrected chi connectivity index (χ3v) is 6.25. The van der Waals surface area contributed by atoms with Gasteiger partial charge in [0.2, 0.25) is 5.91 Å². The summed E-state index contributed by atoms with van der Waals surface area (Å²) in [7, 11) is 0. The molecule has 8 nitrogen and oxygen atoms in total. The molecule has 1 fully saturated rings. The van der Waals surface area contributed by atoms with Gasteiger partial charge in [0.25, 0.3) is 11.8 Å². The van der Waals surface area contributed by atoms with Crippen LogP contribution < -0.4 is 10.6 Å². The van der Waals surface area contributed by atoms with Crippen LogP contribution in [0.4, 0.5) is 10.1 Å². The highest BCUT2D eigenvalue weighted by Gasteiger charge is 2.25. The lowest BCUT2D eigenvalue weighted by Crippen LogP contribution is -2.36. The molecule has 0 aliphatic carbocycles. The van der Waals surface area contributed by atoms with Gasteiger partial charge in [0.1, 0.15) is 11.5 Å². The molecule has 0 atom stereocenters. The standard InChI is InChI=1S/C26H24ClFN4O4/c27-21-15-17(28)5-8-19(21)22(33)14-16-3-6-18(7-4-16)31-25(35)20-9-10-29-24(20)26(36)30-11-13-32-12-1-2-23(32)34/h3-8,10,15H,1-2,9,11-14H2,(H,30,36)(H,31,35). The molecule has 2 N–H and O–H groups in total. The van der Waals surface area contributed by atoms with Crippen molar-refractivity contribution in [3.05, 3.63) is 75.7 Å². The minimum absolute atomic E-state index is 0.0543. The Morgan fingerprint density at radius 1 is 1.08 bits per heavy atom. The molecule has 2 aliphatic heterocycles. The lowest BCUT2D eigenvalue weighted by molar-refractivity contribution is -0.128. The van der Waals surface area contributed by atoms with Crippen LogP contribution in [0.25, 0.3) is 0 Å². The molecule has 4 rings (SSSR count). The first-order valence-electron chi connectivity index (χ1n) is 11.5. The zero-order valence-electron chi connectivity index (χ0n) is 19.4. The molecule has 0 radical (unpaired) electrons. The molecule has 2 aromatic rings. The maximum atomic E-state index is 13.2. The van der Waals surface area contributed by atoms with Gasteiger partial charge in [-0.2, -0.15) is 0 Å². The lowest BCUT2D eigenvalue weighted by atomic mass is 10.0. The second-order valence-electron chi connectivity index (χ2n) is 8.46. The Hall–Kier alpha value is -3.85. The largest absolute Gasteiger partial charge is 0.349 e. The third kappa shape index (κ3) is 6.04. The number of aliphatic imine (C=N–C) groups is 1. The van der Waals surface area contributed by atoms with E-state index in [-0.39, 0.29) is 52.9 Å². The number of anilines is 1. The maximum absolute atomic E-state index is 13.2. The number of benzene rings is 2. The number of hydrogen-bond acceptors (Lipinski definition) is 5. The van der Waals surface area contributed by atoms with Crippen molar-refractivity contribution in [3.8, 4) is 0 Å². The minimum atomic E-state index is -0.515. The van der Waals surface area contributed by atoms with Gasteiger partial charge >= 0.3 is 0 Å². The van der Waals surface area contributed by atoms with E-state index in [4.69, 9.17) is 11.6 Å². The number of likely N-dealkylation sites (tertiary alicyclic amines) is 1. The molecule has 0 saturated carbocycles. The Labute approximate surface area is 212 Å². The normalized spacial score (nSPS) is 14.9. The first kappa shape index (κ1) is 25.2. The van der Waals surface area contributed by atoms with Crippen LogP contribution in [0.2, 0.25) is 5.02 Å². The Bertz CT molecular complexity index is 1270. The number of carbonyl (C=O) groups is 4. The molecule has 3 amide bonds. The monoisotopic (exact) mass is 510 g/mol. The molecule has 0 aromatic heterocycles. The van der Waals surface area contributed by atoms with E-state index < -0.39 is 17.6 Å². The van der Waals surface area contributed by atoms with Gasteiger partial charge in [-0.3, -0.25) is 24.2 Å². The number of rotatable bonds is 9. The molecule has 10 heteroatoms. The Kier molecular flexibility index (Phi) is 7.90. The summed E-state index contributed by atoms with van der Waals surface area (Å²) in [5.41, 5.74) is 1.72. The quantitative estimate of drug-likeness (QED) is 0.504. The van der Waals surface area contributed by atoms with E-state index in [9.17, 15) is 23.6 Å². The SMILES string of the molecule is O=C(Nc1ccc(CC(=O)c2ccc(F)cc2Cl)cc1)C1=C(C(=O)NCCN2CCCC2=O)N=CC1. The summed E-state index contributed by atoms with van der Waals surface area (Å²) >= 11 is 5.97. The molecular weight excluding hydrogens is 487 g/mol. The van der Waals surface area contributed by atoms with E-state index in [0.29, 0.717) is 30.8 Å². The maximum Gasteiger partial charge on any atom is 0.270 e. The van der Waals surface area contributed by atoms with Crippen LogP contribution in [0.5, 0.6) is 0 Å². The highest BCUT2D eigenvalue weighted by atomic mass is 35.5. The fraction of sp³-hybridized carbons (Fsp3) is 0.269. The Morgan fingerprint density at radius 2 is 1.86 bits per heavy atom. The second-order valence-corrected chi connectivity index (χ2v) is 8.87. The van der Waals surface area contributed by atoms with Gasteiger partial charge in [0, 0.05) is 56.4 Å². The third-order valence-electron chi connectivity index (χ3n) is 5.94. The zero-order chi connectivity index (χ0) is 25.7. The topological polar surface area (TPSA) is 108 Å². The predicted molar refractivity (Wildman–Crippen MR) is 133 cm³/mol. The summed E-state index contributed by atoms with van der Waals surface area (Å²) in [6.07, 6.45) is 3.15. The molecular formula is C26H24ClFN4O4. The van der Waals surface area contributed by atoms with Gasteiger partial charge in [-0.05, 0) is 42.3 Å². The highest BCUT2D eigenvalue weighted by Crippen LogP contribution is 2.22. The van der Waals surface area contributed by atoms with Gasteiger partial charge in [0.05, 0.1) is 10.6 Å². The van der Waals surface area contributed by atoms with Gasteiger partial charge in [-0.1, -0.05) is 23.7 Å². The molecule has 1 saturated heterocycles. The number of halogens is 2. The van der Waals surface area contributed by atoms with Gasteiger partial charge in [-0.15, -0.1) is 0 Å². The summed E-state index contributed by atoms with van der Waals surface area (Å²) in [5, 5.41) is 5.52. The molecule has 0 unspecified atom stereocenters. The molecule has 36 heavy (non-hydrogen) atoms. The molecule has 0 bridgehead atoms. The summed E-state index contributed by atoms with van der Waals surface area (Å²) in [6.45, 7) is 1.39. The van der Waals surface area contributed by atoms with E-state index in [1.807, 2.05) is 0 Å². The summed E-state index contributed by atoms with van der Waals surface area (Å²) < 4.78 is 13.2. The van der Waals surface area contributed by atoms with Crippen LogP contribution in [0.1, 0.15) is 35.2 Å². The highest BCUT2D eigenvalue weighted by molar-refractivity contribution is 6.34. The predicted octanol–water partition coefficient (Wildman–Crippen LogP) is 3.31. The number of carbonyl (C=O) groups excluding carboxylic acids is 4. The zero-order valence-corrected chi connectivity index (χ0v) is 20.1. The average Bonchev–Trinajstić information content (AvgIpc) is 3.49. The van der Waals surface area contributed by atoms with Crippen LogP contribution in [-0.2, 0) is 20.8 Å². The number of amides is 3. The van der Waals surface area contributed by atoms with Crippen molar-refractivity contribution >= 4 is 47.0 Å². The summed E-state index contributed by atoms with van der Waals surface area (Å²) in [4.78, 5) is 55.3. The fourth-order valence-electron chi connectivity index (χ4n) is 4.04. The van der Waals surface area contributed by atoms with Crippen molar-refractivity contribution < 1.29 is 23.6 Å². The number of nitrogens with zero attached hydrogens (tertiary/aromatic N) is 2. The van der Waals surface area contributed by atoms with E-state index in [1.165, 1.54) is 18.3 Å². The van der Waals surface area contributed by atoms with E-state index in [2.05, 4.69) is 15.6 Å². The molecule has 186 valence electrons. The molecule has 2 aliphatic rings. The van der Waals surface area contributed by atoms with E-state index in [0.717, 1.165) is 12.5 Å². The number of nitrogens with one attached hydrogen (secondary N) is 2.